The average Bonchev–Trinajstić information content (AvgIpc) is 2.41. The maximum atomic E-state index is 5.79. The monoisotopic (exact) mass is 240 g/mol. The van der Waals surface area contributed by atoms with Gasteiger partial charge in [0.2, 0.25) is 0 Å². The molecule has 0 saturated heterocycles. The lowest BCUT2D eigenvalue weighted by molar-refractivity contribution is 0.221. The lowest BCUT2D eigenvalue weighted by Gasteiger charge is -2.25. The van der Waals surface area contributed by atoms with E-state index in [1.165, 1.54) is 11.1 Å². The molecule has 3 rings (SSSR count). The molecule has 1 aromatic carbocycles. The van der Waals surface area contributed by atoms with Gasteiger partial charge < -0.3 is 10.5 Å². The number of rotatable bonds is 2. The first-order chi connectivity index (χ1) is 8.81. The molecule has 0 fully saturated rings. The molecule has 0 saturated carbocycles. The topological polar surface area (TPSA) is 48.1 Å². The second kappa shape index (κ2) is 4.69. The van der Waals surface area contributed by atoms with Crippen molar-refractivity contribution in [3.63, 3.8) is 0 Å². The Balaban J connectivity index is 1.71. The number of pyridine rings is 1. The molecule has 0 radical (unpaired) electrons. The van der Waals surface area contributed by atoms with Crippen molar-refractivity contribution in [1.82, 2.24) is 4.98 Å². The number of benzene rings is 1. The fraction of sp³-hybridized carbons (Fsp3) is 0.267. The Morgan fingerprint density at radius 1 is 1.22 bits per heavy atom. The van der Waals surface area contributed by atoms with Gasteiger partial charge in [0, 0.05) is 12.1 Å². The largest absolute Gasteiger partial charge is 0.493 e. The number of nitrogens with zero attached hydrogens (tertiary/aromatic N) is 1. The Bertz CT molecular complexity index is 536. The van der Waals surface area contributed by atoms with Crippen LogP contribution in [-0.2, 0) is 12.8 Å². The maximum absolute atomic E-state index is 5.79. The first kappa shape index (κ1) is 11.1. The highest BCUT2D eigenvalue weighted by Gasteiger charge is 2.19. The first-order valence-electron chi connectivity index (χ1n) is 6.22. The van der Waals surface area contributed by atoms with Gasteiger partial charge in [-0.3, -0.25) is 0 Å². The highest BCUT2D eigenvalue weighted by Crippen LogP contribution is 2.28. The van der Waals surface area contributed by atoms with E-state index in [0.29, 0.717) is 11.7 Å². The molecule has 1 aliphatic heterocycles. The highest BCUT2D eigenvalue weighted by molar-refractivity contribution is 5.35. The molecule has 3 nitrogen and oxygen atoms in total. The smallest absolute Gasteiger partial charge is 0.123 e. The third-order valence-electron chi connectivity index (χ3n) is 3.33. The normalized spacial score (nSPS) is 17.9. The highest BCUT2D eigenvalue weighted by atomic mass is 16.5. The molecule has 3 heteroatoms. The van der Waals surface area contributed by atoms with Gasteiger partial charge in [-0.2, -0.15) is 0 Å². The van der Waals surface area contributed by atoms with Crippen LogP contribution in [0.15, 0.2) is 42.6 Å². The minimum Gasteiger partial charge on any atom is -0.493 e. The predicted molar refractivity (Wildman–Crippen MR) is 71.5 cm³/mol. The number of nitrogens with two attached hydrogens (primary N) is 1. The van der Waals surface area contributed by atoms with Crippen LogP contribution in [-0.4, -0.2) is 11.6 Å². The van der Waals surface area contributed by atoms with Crippen LogP contribution in [0.4, 0.5) is 5.82 Å². The van der Waals surface area contributed by atoms with E-state index in [4.69, 9.17) is 10.5 Å². The molecule has 1 aliphatic rings. The Kier molecular flexibility index (Phi) is 2.89. The van der Waals surface area contributed by atoms with Crippen LogP contribution in [0.3, 0.4) is 0 Å². The number of ether oxygens (including phenoxy) is 1. The standard InChI is InChI=1S/C15H16N2O/c16-15-6-5-11(9-17-15)7-12-8-13-3-1-2-4-14(13)18-10-12/h1-6,9,12H,7-8,10H2,(H2,16,17)/t12-/m1/s1. The minimum atomic E-state index is 0.519. The molecule has 1 aromatic heterocycles. The van der Waals surface area contributed by atoms with Gasteiger partial charge in [-0.05, 0) is 36.1 Å². The fourth-order valence-electron chi connectivity index (χ4n) is 2.41. The molecule has 2 heterocycles. The number of fused-ring (bicyclic) bond motifs is 1. The lowest BCUT2D eigenvalue weighted by Crippen LogP contribution is -2.22. The molecule has 2 aromatic rings. The van der Waals surface area contributed by atoms with E-state index in [1.807, 2.05) is 30.5 Å². The summed E-state index contributed by atoms with van der Waals surface area (Å²) in [5.41, 5.74) is 8.11. The number of aromatic nitrogens is 1. The zero-order valence-corrected chi connectivity index (χ0v) is 10.2. The minimum absolute atomic E-state index is 0.519. The number of para-hydroxylation sites is 1. The van der Waals surface area contributed by atoms with Gasteiger partial charge in [0.25, 0.3) is 0 Å². The Hall–Kier alpha value is -2.03. The summed E-state index contributed by atoms with van der Waals surface area (Å²) in [5, 5.41) is 0. The second-order valence-electron chi connectivity index (χ2n) is 4.78. The summed E-state index contributed by atoms with van der Waals surface area (Å²) in [6.45, 7) is 0.779. The van der Waals surface area contributed by atoms with E-state index in [2.05, 4.69) is 17.1 Å². The summed E-state index contributed by atoms with van der Waals surface area (Å²) in [4.78, 5) is 4.13. The van der Waals surface area contributed by atoms with Gasteiger partial charge >= 0.3 is 0 Å². The summed E-state index contributed by atoms with van der Waals surface area (Å²) in [6, 6.07) is 12.2. The van der Waals surface area contributed by atoms with Gasteiger partial charge in [-0.1, -0.05) is 24.3 Å². The fourth-order valence-corrected chi connectivity index (χ4v) is 2.41. The second-order valence-corrected chi connectivity index (χ2v) is 4.78. The summed E-state index contributed by atoms with van der Waals surface area (Å²) in [7, 11) is 0. The van der Waals surface area contributed by atoms with Gasteiger partial charge in [-0.25, -0.2) is 4.98 Å². The van der Waals surface area contributed by atoms with Crippen molar-refractivity contribution >= 4 is 5.82 Å². The van der Waals surface area contributed by atoms with E-state index in [9.17, 15) is 0 Å². The van der Waals surface area contributed by atoms with E-state index in [0.717, 1.165) is 25.2 Å². The van der Waals surface area contributed by atoms with Crippen LogP contribution in [0.2, 0.25) is 0 Å². The predicted octanol–water partition coefficient (Wildman–Crippen LogP) is 2.46. The van der Waals surface area contributed by atoms with E-state index < -0.39 is 0 Å². The Morgan fingerprint density at radius 3 is 2.94 bits per heavy atom. The SMILES string of the molecule is Nc1ccc(C[C@H]2COc3ccccc3C2)cn1. The van der Waals surface area contributed by atoms with Crippen LogP contribution in [0.5, 0.6) is 5.75 Å². The Labute approximate surface area is 107 Å². The van der Waals surface area contributed by atoms with Gasteiger partial charge in [-0.15, -0.1) is 0 Å². The van der Waals surface area contributed by atoms with Crippen molar-refractivity contribution in [3.05, 3.63) is 53.7 Å². The number of hydrogen-bond donors (Lipinski definition) is 1. The summed E-state index contributed by atoms with van der Waals surface area (Å²) < 4.78 is 5.79. The average molecular weight is 240 g/mol. The van der Waals surface area contributed by atoms with Gasteiger partial charge in [0.1, 0.15) is 11.6 Å². The molecule has 18 heavy (non-hydrogen) atoms. The molecule has 0 bridgehead atoms. The van der Waals surface area contributed by atoms with Crippen LogP contribution >= 0.6 is 0 Å². The molecular weight excluding hydrogens is 224 g/mol. The number of anilines is 1. The summed E-state index contributed by atoms with van der Waals surface area (Å²) in [5.74, 6) is 2.12. The lowest BCUT2D eigenvalue weighted by atomic mass is 9.91. The zero-order chi connectivity index (χ0) is 12.4. The third kappa shape index (κ3) is 2.30. The third-order valence-corrected chi connectivity index (χ3v) is 3.33. The van der Waals surface area contributed by atoms with Crippen molar-refractivity contribution in [3.8, 4) is 5.75 Å². The van der Waals surface area contributed by atoms with Crippen molar-refractivity contribution in [2.75, 3.05) is 12.3 Å². The Morgan fingerprint density at radius 2 is 2.11 bits per heavy atom. The first-order valence-corrected chi connectivity index (χ1v) is 6.22. The van der Waals surface area contributed by atoms with Crippen LogP contribution in [0.1, 0.15) is 11.1 Å². The van der Waals surface area contributed by atoms with Crippen molar-refractivity contribution in [2.24, 2.45) is 5.92 Å². The van der Waals surface area contributed by atoms with E-state index in [-0.39, 0.29) is 0 Å². The maximum Gasteiger partial charge on any atom is 0.123 e. The molecule has 2 N–H and O–H groups in total. The summed E-state index contributed by atoms with van der Waals surface area (Å²) >= 11 is 0. The molecule has 0 spiro atoms. The van der Waals surface area contributed by atoms with Crippen LogP contribution in [0, 0.1) is 5.92 Å². The van der Waals surface area contributed by atoms with Crippen LogP contribution < -0.4 is 10.5 Å². The zero-order valence-electron chi connectivity index (χ0n) is 10.2. The van der Waals surface area contributed by atoms with Crippen molar-refractivity contribution in [1.29, 1.82) is 0 Å². The van der Waals surface area contributed by atoms with Gasteiger partial charge in [0.15, 0.2) is 0 Å². The molecule has 0 amide bonds. The number of hydrogen-bond acceptors (Lipinski definition) is 3. The molecular formula is C15H16N2O. The summed E-state index contributed by atoms with van der Waals surface area (Å²) in [6.07, 6.45) is 3.91. The van der Waals surface area contributed by atoms with Crippen molar-refractivity contribution < 1.29 is 4.74 Å². The van der Waals surface area contributed by atoms with Crippen molar-refractivity contribution in [2.45, 2.75) is 12.8 Å². The van der Waals surface area contributed by atoms with E-state index in [1.54, 1.807) is 0 Å². The number of nitrogen functional groups attached to an aromatic ring is 1. The molecule has 0 aliphatic carbocycles. The molecule has 1 atom stereocenters. The molecule has 0 unspecified atom stereocenters. The van der Waals surface area contributed by atoms with E-state index >= 15 is 0 Å². The quantitative estimate of drug-likeness (QED) is 0.877. The molecule has 92 valence electrons. The van der Waals surface area contributed by atoms with Gasteiger partial charge in [0.05, 0.1) is 6.61 Å². The van der Waals surface area contributed by atoms with Crippen LogP contribution in [0.25, 0.3) is 0 Å².